The zero-order valence-corrected chi connectivity index (χ0v) is 16.7. The average Bonchev–Trinajstić information content (AvgIpc) is 2.73. The van der Waals surface area contributed by atoms with Gasteiger partial charge >= 0.3 is 0 Å². The first-order valence-electron chi connectivity index (χ1n) is 9.78. The summed E-state index contributed by atoms with van der Waals surface area (Å²) in [6.45, 7) is 4.83. The van der Waals surface area contributed by atoms with E-state index in [0.29, 0.717) is 34.6 Å². The number of methoxy groups -OCH3 is 1. The van der Waals surface area contributed by atoms with Crippen LogP contribution in [0.25, 0.3) is 11.0 Å². The molecule has 2 heterocycles. The Hall–Kier alpha value is -3.03. The second kappa shape index (κ2) is 8.14. The van der Waals surface area contributed by atoms with Crippen LogP contribution in [0, 0.1) is 0 Å². The highest BCUT2D eigenvalue weighted by Crippen LogP contribution is 2.28. The first kappa shape index (κ1) is 19.3. The van der Waals surface area contributed by atoms with Gasteiger partial charge in [0.15, 0.2) is 5.58 Å². The normalized spacial score (nSPS) is 19.2. The molecule has 152 valence electrons. The van der Waals surface area contributed by atoms with Gasteiger partial charge in [0.2, 0.25) is 11.2 Å². The molecule has 3 aromatic rings. The summed E-state index contributed by atoms with van der Waals surface area (Å²) in [5, 5.41) is 10.8. The molecule has 7 heteroatoms. The molecule has 0 spiro atoms. The summed E-state index contributed by atoms with van der Waals surface area (Å²) in [6.07, 6.45) is 1.32. The predicted octanol–water partition coefficient (Wildman–Crippen LogP) is 0.213. The van der Waals surface area contributed by atoms with Crippen LogP contribution in [0.3, 0.4) is 0 Å². The lowest BCUT2D eigenvalue weighted by atomic mass is 10.1. The monoisotopic (exact) mass is 398 g/mol. The van der Waals surface area contributed by atoms with Gasteiger partial charge in [-0.2, -0.15) is 0 Å². The van der Waals surface area contributed by atoms with E-state index in [1.165, 1.54) is 16.1 Å². The van der Waals surface area contributed by atoms with E-state index in [1.807, 2.05) is 0 Å². The molecule has 1 aliphatic rings. The first-order valence-corrected chi connectivity index (χ1v) is 9.78. The minimum Gasteiger partial charge on any atom is -0.507 e. The molecule has 29 heavy (non-hydrogen) atoms. The van der Waals surface area contributed by atoms with Gasteiger partial charge in [-0.25, -0.2) is 0 Å². The molecule has 4 rings (SSSR count). The Labute approximate surface area is 168 Å². The number of quaternary nitrogens is 2. The van der Waals surface area contributed by atoms with E-state index in [-0.39, 0.29) is 16.9 Å². The molecule has 0 aliphatic carbocycles. The Morgan fingerprint density at radius 2 is 1.86 bits per heavy atom. The summed E-state index contributed by atoms with van der Waals surface area (Å²) < 4.78 is 16.7. The Balaban J connectivity index is 1.66. The Kier molecular flexibility index (Phi) is 5.42. The number of hydrogen-bond acceptors (Lipinski definition) is 5. The lowest BCUT2D eigenvalue weighted by Crippen LogP contribution is -3.26. The molecular weight excluding hydrogens is 372 g/mol. The van der Waals surface area contributed by atoms with Crippen LogP contribution in [0.1, 0.15) is 5.56 Å². The molecule has 1 aliphatic heterocycles. The van der Waals surface area contributed by atoms with Gasteiger partial charge in [0.25, 0.3) is 0 Å². The number of hydrogen-bond donors (Lipinski definition) is 3. The summed E-state index contributed by atoms with van der Waals surface area (Å²) in [4.78, 5) is 15.9. The molecular formula is C22H26N2O5+2. The lowest BCUT2D eigenvalue weighted by molar-refractivity contribution is -1.01. The fourth-order valence-electron chi connectivity index (χ4n) is 3.72. The van der Waals surface area contributed by atoms with Crippen molar-refractivity contribution in [2.45, 2.75) is 6.54 Å². The van der Waals surface area contributed by atoms with Gasteiger partial charge in [-0.1, -0.05) is 6.07 Å². The number of rotatable bonds is 5. The third kappa shape index (κ3) is 4.06. The van der Waals surface area contributed by atoms with E-state index in [9.17, 15) is 9.90 Å². The lowest BCUT2D eigenvalue weighted by Gasteiger charge is -2.27. The summed E-state index contributed by atoms with van der Waals surface area (Å²) in [6, 6.07) is 10.2. The predicted molar refractivity (Wildman–Crippen MR) is 108 cm³/mol. The summed E-state index contributed by atoms with van der Waals surface area (Å²) in [5.41, 5.74) is 0.821. The Bertz CT molecular complexity index is 1070. The number of benzene rings is 2. The van der Waals surface area contributed by atoms with Crippen molar-refractivity contribution in [2.24, 2.45) is 0 Å². The Morgan fingerprint density at radius 1 is 1.10 bits per heavy atom. The molecule has 0 atom stereocenters. The second-order valence-electron chi connectivity index (χ2n) is 7.53. The van der Waals surface area contributed by atoms with E-state index in [0.717, 1.165) is 26.2 Å². The van der Waals surface area contributed by atoms with Crippen LogP contribution in [0.4, 0.5) is 0 Å². The van der Waals surface area contributed by atoms with Crippen molar-refractivity contribution in [3.05, 3.63) is 58.4 Å². The molecule has 0 radical (unpaired) electrons. The van der Waals surface area contributed by atoms with E-state index in [2.05, 4.69) is 7.05 Å². The van der Waals surface area contributed by atoms with Gasteiger partial charge in [0, 0.05) is 6.07 Å². The number of aromatic hydroxyl groups is 1. The molecule has 0 amide bonds. The topological polar surface area (TPSA) is 77.8 Å². The molecule has 3 N–H and O–H groups in total. The minimum absolute atomic E-state index is 0.0953. The smallest absolute Gasteiger partial charge is 0.235 e. The average molecular weight is 398 g/mol. The van der Waals surface area contributed by atoms with E-state index >= 15 is 0 Å². The highest BCUT2D eigenvalue weighted by atomic mass is 16.5. The van der Waals surface area contributed by atoms with Crippen LogP contribution in [-0.2, 0) is 6.54 Å². The van der Waals surface area contributed by atoms with Crippen molar-refractivity contribution in [1.82, 2.24) is 0 Å². The zero-order chi connectivity index (χ0) is 20.4. The number of phenolic OH excluding ortho intramolecular Hbond substituents is 1. The highest BCUT2D eigenvalue weighted by molar-refractivity contribution is 5.82. The molecule has 7 nitrogen and oxygen atoms in total. The third-order valence-corrected chi connectivity index (χ3v) is 5.49. The molecule has 2 aromatic carbocycles. The SMILES string of the molecule is COc1cccc(Oc2coc3c(C[NH+]4CC[NH+](C)CC4)c(O)ccc3c2=O)c1. The number of likely N-dealkylation sites (N-methyl/N-ethyl adjacent to an activating group) is 1. The van der Waals surface area contributed by atoms with Crippen LogP contribution in [-0.4, -0.2) is 45.4 Å². The van der Waals surface area contributed by atoms with E-state index in [4.69, 9.17) is 13.9 Å². The fourth-order valence-corrected chi connectivity index (χ4v) is 3.72. The van der Waals surface area contributed by atoms with Gasteiger partial charge < -0.3 is 28.8 Å². The summed E-state index contributed by atoms with van der Waals surface area (Å²) >= 11 is 0. The molecule has 1 aromatic heterocycles. The van der Waals surface area contributed by atoms with Crippen LogP contribution in [0.2, 0.25) is 0 Å². The van der Waals surface area contributed by atoms with Crippen molar-refractivity contribution >= 4 is 11.0 Å². The first-order chi connectivity index (χ1) is 14.0. The van der Waals surface area contributed by atoms with Crippen molar-refractivity contribution in [3.8, 4) is 23.0 Å². The van der Waals surface area contributed by atoms with Gasteiger partial charge in [0.05, 0.1) is 25.1 Å². The maximum atomic E-state index is 13.0. The molecule has 0 bridgehead atoms. The highest BCUT2D eigenvalue weighted by Gasteiger charge is 2.24. The number of fused-ring (bicyclic) bond motifs is 1. The van der Waals surface area contributed by atoms with Gasteiger partial charge in [-0.15, -0.1) is 0 Å². The van der Waals surface area contributed by atoms with Crippen molar-refractivity contribution in [1.29, 1.82) is 0 Å². The van der Waals surface area contributed by atoms with Crippen molar-refractivity contribution < 1.29 is 28.8 Å². The van der Waals surface area contributed by atoms with Crippen molar-refractivity contribution in [2.75, 3.05) is 40.3 Å². The maximum Gasteiger partial charge on any atom is 0.235 e. The Morgan fingerprint density at radius 3 is 2.62 bits per heavy atom. The van der Waals surface area contributed by atoms with Gasteiger partial charge in [0.1, 0.15) is 56.2 Å². The maximum absolute atomic E-state index is 13.0. The van der Waals surface area contributed by atoms with Gasteiger partial charge in [-0.05, 0) is 24.3 Å². The van der Waals surface area contributed by atoms with Crippen LogP contribution >= 0.6 is 0 Å². The van der Waals surface area contributed by atoms with Crippen molar-refractivity contribution in [3.63, 3.8) is 0 Å². The minimum atomic E-state index is -0.270. The molecule has 1 fully saturated rings. The molecule has 1 saturated heterocycles. The van der Waals surface area contributed by atoms with Crippen LogP contribution in [0.15, 0.2) is 51.9 Å². The second-order valence-corrected chi connectivity index (χ2v) is 7.53. The van der Waals surface area contributed by atoms with Gasteiger partial charge in [-0.3, -0.25) is 4.79 Å². The number of piperazine rings is 1. The van der Waals surface area contributed by atoms with E-state index < -0.39 is 0 Å². The number of ether oxygens (including phenoxy) is 2. The summed E-state index contributed by atoms with van der Waals surface area (Å²) in [5.74, 6) is 1.37. The van der Waals surface area contributed by atoms with Crippen LogP contribution in [0.5, 0.6) is 23.0 Å². The fraction of sp³-hybridized carbons (Fsp3) is 0.318. The molecule has 0 saturated carbocycles. The van der Waals surface area contributed by atoms with Crippen LogP contribution < -0.4 is 24.7 Å². The number of nitrogens with one attached hydrogen (secondary N) is 2. The zero-order valence-electron chi connectivity index (χ0n) is 16.7. The third-order valence-electron chi connectivity index (χ3n) is 5.49. The standard InChI is InChI=1S/C22H24N2O5/c1-23-8-10-24(11-9-23)13-18-19(25)7-6-17-21(26)20(14-28-22(17)18)29-16-5-3-4-15(12-16)27-2/h3-7,12,14,25H,8-11,13H2,1-2H3/p+2. The van der Waals surface area contributed by atoms with E-state index in [1.54, 1.807) is 43.5 Å². The largest absolute Gasteiger partial charge is 0.507 e. The summed E-state index contributed by atoms with van der Waals surface area (Å²) in [7, 11) is 3.76. The molecule has 0 unspecified atom stereocenters. The quantitative estimate of drug-likeness (QED) is 0.573. The number of phenols is 1.